The molecule has 61 heavy (non-hydrogen) atoms. The number of benzene rings is 6. The van der Waals surface area contributed by atoms with Crippen molar-refractivity contribution in [2.45, 2.75) is 50.0 Å². The van der Waals surface area contributed by atoms with Crippen LogP contribution in [0.5, 0.6) is 23.0 Å². The van der Waals surface area contributed by atoms with E-state index in [-0.39, 0.29) is 12.8 Å². The van der Waals surface area contributed by atoms with Gasteiger partial charge in [-0.05, 0) is 109 Å². The van der Waals surface area contributed by atoms with E-state index in [1.54, 1.807) is 126 Å². The number of methoxy groups -OCH3 is 4. The molecule has 0 aromatic heterocycles. The van der Waals surface area contributed by atoms with E-state index in [9.17, 15) is 19.8 Å². The summed E-state index contributed by atoms with van der Waals surface area (Å²) in [4.78, 5) is 29.7. The van der Waals surface area contributed by atoms with Gasteiger partial charge in [-0.25, -0.2) is 0 Å². The first-order valence-corrected chi connectivity index (χ1v) is 20.1. The Bertz CT molecular complexity index is 2070. The number of hydrogen-bond donors (Lipinski definition) is 4. The fraction of sp³-hybridized carbons (Fsp3) is 0.255. The first-order chi connectivity index (χ1) is 29.4. The molecule has 0 aliphatic carbocycles. The molecule has 0 saturated heterocycles. The van der Waals surface area contributed by atoms with Crippen LogP contribution in [-0.2, 0) is 33.6 Å². The minimum absolute atomic E-state index is 0.199. The van der Waals surface area contributed by atoms with Crippen LogP contribution in [0.25, 0.3) is 0 Å². The van der Waals surface area contributed by atoms with E-state index < -0.39 is 40.5 Å². The average Bonchev–Trinajstić information content (AvgIpc) is 3.31. The van der Waals surface area contributed by atoms with E-state index >= 15 is 0 Å². The molecule has 2 amide bonds. The lowest BCUT2D eigenvalue weighted by Gasteiger charge is -2.41. The molecule has 316 valence electrons. The summed E-state index contributed by atoms with van der Waals surface area (Å²) in [5, 5.41) is 32.6. The Labute approximate surface area is 358 Å². The van der Waals surface area contributed by atoms with Crippen LogP contribution in [-0.4, -0.2) is 62.6 Å². The Morgan fingerprint density at radius 3 is 0.918 bits per heavy atom. The summed E-state index contributed by atoms with van der Waals surface area (Å²) in [6, 6.07) is 45.2. The van der Waals surface area contributed by atoms with Gasteiger partial charge in [-0.15, -0.1) is 0 Å². The first kappa shape index (κ1) is 43.9. The summed E-state index contributed by atoms with van der Waals surface area (Å²) in [6.07, 6.45) is 0.397. The standard InChI is InChI=1S/C51H54N2O8/c1-49(2,47(54)52-45(33-35-13-9-7-10-14-35)50(56,37-17-25-41(58-3)26-18-37)38-19-27-42(59-4)28-20-38)48(55)53-46(34-36-15-11-8-12-16-36)51(57,39-21-29-43(60-5)30-22-39)40-23-31-44(61-6)32-24-40/h7-32,45-46,56-57H,33-34H2,1-6H3,(H,52,54)(H,53,55)/t45-,46-/m1/s1. The molecule has 10 nitrogen and oxygen atoms in total. The maximum atomic E-state index is 14.9. The van der Waals surface area contributed by atoms with Crippen molar-refractivity contribution in [2.75, 3.05) is 28.4 Å². The second-order valence-corrected chi connectivity index (χ2v) is 15.5. The van der Waals surface area contributed by atoms with Gasteiger partial charge in [0.2, 0.25) is 11.8 Å². The predicted octanol–water partition coefficient (Wildman–Crippen LogP) is 7.37. The van der Waals surface area contributed by atoms with Crippen molar-refractivity contribution in [1.29, 1.82) is 0 Å². The monoisotopic (exact) mass is 822 g/mol. The number of carbonyl (C=O) groups excluding carboxylic acids is 2. The molecular formula is C51H54N2O8. The Morgan fingerprint density at radius 1 is 0.443 bits per heavy atom. The molecule has 0 heterocycles. The molecule has 0 fully saturated rings. The highest BCUT2D eigenvalue weighted by molar-refractivity contribution is 6.04. The van der Waals surface area contributed by atoms with Gasteiger partial charge in [0.25, 0.3) is 0 Å². The van der Waals surface area contributed by atoms with Gasteiger partial charge >= 0.3 is 0 Å². The third-order valence-corrected chi connectivity index (χ3v) is 11.4. The Balaban J connectivity index is 1.42. The van der Waals surface area contributed by atoms with Gasteiger partial charge in [0, 0.05) is 0 Å². The lowest BCUT2D eigenvalue weighted by Crippen LogP contribution is -2.60. The number of amides is 2. The second-order valence-electron chi connectivity index (χ2n) is 15.5. The smallest absolute Gasteiger partial charge is 0.235 e. The zero-order valence-corrected chi connectivity index (χ0v) is 35.4. The van der Waals surface area contributed by atoms with E-state index in [0.29, 0.717) is 45.3 Å². The Hall–Kier alpha value is -6.62. The molecule has 6 aromatic rings. The lowest BCUT2D eigenvalue weighted by molar-refractivity contribution is -0.144. The van der Waals surface area contributed by atoms with Gasteiger partial charge in [0.1, 0.15) is 39.6 Å². The fourth-order valence-electron chi connectivity index (χ4n) is 7.60. The van der Waals surface area contributed by atoms with Gasteiger partial charge in [-0.3, -0.25) is 9.59 Å². The molecule has 6 aromatic carbocycles. The van der Waals surface area contributed by atoms with Gasteiger partial charge in [-0.2, -0.15) is 0 Å². The minimum Gasteiger partial charge on any atom is -0.497 e. The molecule has 0 saturated carbocycles. The fourth-order valence-corrected chi connectivity index (χ4v) is 7.60. The van der Waals surface area contributed by atoms with Crippen molar-refractivity contribution in [3.05, 3.63) is 191 Å². The van der Waals surface area contributed by atoms with Gasteiger partial charge in [0.05, 0.1) is 40.5 Å². The predicted molar refractivity (Wildman–Crippen MR) is 236 cm³/mol. The molecule has 10 heteroatoms. The number of nitrogens with one attached hydrogen (secondary N) is 2. The Kier molecular flexibility index (Phi) is 13.8. The molecule has 4 N–H and O–H groups in total. The lowest BCUT2D eigenvalue weighted by atomic mass is 9.76. The normalized spacial score (nSPS) is 12.7. The van der Waals surface area contributed by atoms with E-state index in [1.165, 1.54) is 13.8 Å². The van der Waals surface area contributed by atoms with Gasteiger partial charge < -0.3 is 39.8 Å². The van der Waals surface area contributed by atoms with Crippen molar-refractivity contribution in [3.63, 3.8) is 0 Å². The maximum absolute atomic E-state index is 14.9. The zero-order chi connectivity index (χ0) is 43.6. The second kappa shape index (κ2) is 19.2. The van der Waals surface area contributed by atoms with E-state index in [4.69, 9.17) is 18.9 Å². The van der Waals surface area contributed by atoms with Crippen molar-refractivity contribution in [3.8, 4) is 23.0 Å². The molecule has 0 aliphatic heterocycles. The van der Waals surface area contributed by atoms with Crippen molar-refractivity contribution >= 4 is 11.8 Å². The molecule has 0 spiro atoms. The van der Waals surface area contributed by atoms with Crippen LogP contribution >= 0.6 is 0 Å². The maximum Gasteiger partial charge on any atom is 0.235 e. The summed E-state index contributed by atoms with van der Waals surface area (Å²) < 4.78 is 21.8. The molecule has 2 atom stereocenters. The summed E-state index contributed by atoms with van der Waals surface area (Å²) in [5.41, 5.74) is -1.67. The van der Waals surface area contributed by atoms with Gasteiger partial charge in [-0.1, -0.05) is 109 Å². The van der Waals surface area contributed by atoms with E-state index in [0.717, 1.165) is 11.1 Å². The highest BCUT2D eigenvalue weighted by Crippen LogP contribution is 2.39. The third kappa shape index (κ3) is 9.56. The van der Waals surface area contributed by atoms with Crippen LogP contribution in [0.2, 0.25) is 0 Å². The minimum atomic E-state index is -1.81. The average molecular weight is 823 g/mol. The summed E-state index contributed by atoms with van der Waals surface area (Å²) >= 11 is 0. The van der Waals surface area contributed by atoms with E-state index in [2.05, 4.69) is 10.6 Å². The summed E-state index contributed by atoms with van der Waals surface area (Å²) in [6.45, 7) is 3.08. The summed E-state index contributed by atoms with van der Waals surface area (Å²) in [7, 11) is 6.26. The largest absolute Gasteiger partial charge is 0.497 e. The number of rotatable bonds is 18. The Morgan fingerprint density at radius 2 is 0.689 bits per heavy atom. The number of aliphatic hydroxyl groups is 2. The topological polar surface area (TPSA) is 136 Å². The highest BCUT2D eigenvalue weighted by Gasteiger charge is 2.48. The van der Waals surface area contributed by atoms with Crippen molar-refractivity contribution in [2.24, 2.45) is 5.41 Å². The van der Waals surface area contributed by atoms with Crippen LogP contribution < -0.4 is 29.6 Å². The van der Waals surface area contributed by atoms with Crippen molar-refractivity contribution < 1.29 is 38.7 Å². The van der Waals surface area contributed by atoms with Crippen LogP contribution in [0.3, 0.4) is 0 Å². The number of ether oxygens (including phenoxy) is 4. The van der Waals surface area contributed by atoms with E-state index in [1.807, 2.05) is 60.7 Å². The molecule has 6 rings (SSSR count). The summed E-state index contributed by atoms with van der Waals surface area (Å²) in [5.74, 6) is 1.10. The molecular weight excluding hydrogens is 769 g/mol. The highest BCUT2D eigenvalue weighted by atomic mass is 16.5. The van der Waals surface area contributed by atoms with Crippen LogP contribution in [0.4, 0.5) is 0 Å². The quantitative estimate of drug-likeness (QED) is 0.0661. The first-order valence-electron chi connectivity index (χ1n) is 20.1. The molecule has 0 bridgehead atoms. The van der Waals surface area contributed by atoms with Crippen molar-refractivity contribution in [1.82, 2.24) is 10.6 Å². The number of hydrogen-bond acceptors (Lipinski definition) is 8. The SMILES string of the molecule is COc1ccc(C(O)(c2ccc(OC)cc2)[C@@H](Cc2ccccc2)NC(=O)C(C)(C)C(=O)N[C@H](Cc2ccccc2)C(O)(c2ccc(OC)cc2)c2ccc(OC)cc2)cc1. The van der Waals surface area contributed by atoms with Crippen LogP contribution in [0, 0.1) is 5.41 Å². The van der Waals surface area contributed by atoms with Crippen LogP contribution in [0.1, 0.15) is 47.2 Å². The molecule has 0 aliphatic rings. The zero-order valence-electron chi connectivity index (χ0n) is 35.4. The molecule has 0 radical (unpaired) electrons. The third-order valence-electron chi connectivity index (χ3n) is 11.4. The molecule has 0 unspecified atom stereocenters. The number of carbonyl (C=O) groups is 2. The van der Waals surface area contributed by atoms with Gasteiger partial charge in [0.15, 0.2) is 0 Å². The van der Waals surface area contributed by atoms with Crippen LogP contribution in [0.15, 0.2) is 158 Å².